The average Bonchev–Trinajstić information content (AvgIpc) is 2.92. The molecule has 138 valence electrons. The first-order valence-corrected chi connectivity index (χ1v) is 10.2. The molecule has 0 aliphatic carbocycles. The maximum atomic E-state index is 13.0. The van der Waals surface area contributed by atoms with E-state index in [0.29, 0.717) is 22.3 Å². The molecular formula is C21H15N3O3S. The first kappa shape index (κ1) is 16.7. The fourth-order valence-corrected chi connectivity index (χ4v) is 5.32. The smallest absolute Gasteiger partial charge is 0.265 e. The summed E-state index contributed by atoms with van der Waals surface area (Å²) in [5.74, 6) is -0.425. The minimum Gasteiger partial charge on any atom is -0.323 e. The van der Waals surface area contributed by atoms with E-state index in [2.05, 4.69) is 10.3 Å². The molecule has 7 heteroatoms. The molecule has 0 radical (unpaired) electrons. The van der Waals surface area contributed by atoms with E-state index < -0.39 is 15.9 Å². The zero-order valence-corrected chi connectivity index (χ0v) is 15.5. The highest BCUT2D eigenvalue weighted by Crippen LogP contribution is 2.41. The minimum atomic E-state index is -3.77. The van der Waals surface area contributed by atoms with Gasteiger partial charge in [0.05, 0.1) is 21.8 Å². The highest BCUT2D eigenvalue weighted by Gasteiger charge is 2.36. The summed E-state index contributed by atoms with van der Waals surface area (Å²) >= 11 is 0. The van der Waals surface area contributed by atoms with Crippen molar-refractivity contribution in [1.82, 2.24) is 4.98 Å². The number of para-hydroxylation sites is 1. The number of rotatable bonds is 3. The molecule has 6 nitrogen and oxygen atoms in total. The summed E-state index contributed by atoms with van der Waals surface area (Å²) in [5.41, 5.74) is 1.74. The Labute approximate surface area is 161 Å². The lowest BCUT2D eigenvalue weighted by atomic mass is 10.1. The van der Waals surface area contributed by atoms with Crippen LogP contribution < -0.4 is 9.62 Å². The molecule has 1 aliphatic heterocycles. The highest BCUT2D eigenvalue weighted by atomic mass is 32.2. The Morgan fingerprint density at radius 3 is 2.50 bits per heavy atom. The molecule has 0 spiro atoms. The summed E-state index contributed by atoms with van der Waals surface area (Å²) in [6.45, 7) is -0.306. The molecule has 3 aromatic carbocycles. The Morgan fingerprint density at radius 1 is 0.929 bits per heavy atom. The lowest BCUT2D eigenvalue weighted by Gasteiger charge is -2.18. The van der Waals surface area contributed by atoms with Gasteiger partial charge in [0.25, 0.3) is 10.0 Å². The predicted molar refractivity (Wildman–Crippen MR) is 109 cm³/mol. The third-order valence-electron chi connectivity index (χ3n) is 4.88. The van der Waals surface area contributed by atoms with Crippen LogP contribution in [0, 0.1) is 0 Å². The van der Waals surface area contributed by atoms with Crippen molar-refractivity contribution in [2.45, 2.75) is 4.90 Å². The van der Waals surface area contributed by atoms with E-state index >= 15 is 0 Å². The number of hydrogen-bond donors (Lipinski definition) is 1. The van der Waals surface area contributed by atoms with Crippen LogP contribution in [0.25, 0.3) is 21.7 Å². The van der Waals surface area contributed by atoms with Gasteiger partial charge in [0, 0.05) is 17.0 Å². The fourth-order valence-electron chi connectivity index (χ4n) is 3.65. The summed E-state index contributed by atoms with van der Waals surface area (Å²) in [6.07, 6.45) is 1.65. The van der Waals surface area contributed by atoms with Gasteiger partial charge in [0.2, 0.25) is 5.91 Å². The van der Waals surface area contributed by atoms with E-state index in [1.807, 2.05) is 36.4 Å². The number of nitrogens with one attached hydrogen (secondary N) is 1. The summed E-state index contributed by atoms with van der Waals surface area (Å²) in [6, 6.07) is 19.7. The molecule has 0 unspecified atom stereocenters. The summed E-state index contributed by atoms with van der Waals surface area (Å²) in [5, 5.41) is 5.19. The van der Waals surface area contributed by atoms with E-state index in [9.17, 15) is 13.2 Å². The van der Waals surface area contributed by atoms with Gasteiger partial charge >= 0.3 is 0 Å². The minimum absolute atomic E-state index is 0.236. The SMILES string of the molecule is O=C(CN1c2cccc3cccc(c23)S1(=O)=O)Nc1cccc2cccnc12. The van der Waals surface area contributed by atoms with E-state index in [1.54, 1.807) is 36.5 Å². The number of aromatic nitrogens is 1. The summed E-state index contributed by atoms with van der Waals surface area (Å²) in [4.78, 5) is 17.3. The molecule has 0 bridgehead atoms. The van der Waals surface area contributed by atoms with Gasteiger partial charge in [-0.2, -0.15) is 0 Å². The highest BCUT2D eigenvalue weighted by molar-refractivity contribution is 7.93. The molecule has 1 aromatic heterocycles. The topological polar surface area (TPSA) is 79.4 Å². The monoisotopic (exact) mass is 389 g/mol. The third kappa shape index (κ3) is 2.44. The number of sulfonamides is 1. The fraction of sp³-hybridized carbons (Fsp3) is 0.0476. The second-order valence-electron chi connectivity index (χ2n) is 6.57. The van der Waals surface area contributed by atoms with Gasteiger partial charge < -0.3 is 5.32 Å². The number of carbonyl (C=O) groups excluding carboxylic acids is 1. The Bertz CT molecular complexity index is 1360. The van der Waals surface area contributed by atoms with Crippen LogP contribution in [-0.4, -0.2) is 25.9 Å². The second kappa shape index (κ2) is 6.03. The van der Waals surface area contributed by atoms with Crippen LogP contribution in [0.1, 0.15) is 0 Å². The van der Waals surface area contributed by atoms with E-state index in [0.717, 1.165) is 10.8 Å². The molecular weight excluding hydrogens is 374 g/mol. The Morgan fingerprint density at radius 2 is 1.64 bits per heavy atom. The number of amides is 1. The molecule has 1 aliphatic rings. The van der Waals surface area contributed by atoms with Crippen LogP contribution in [0.4, 0.5) is 11.4 Å². The maximum Gasteiger partial charge on any atom is 0.265 e. The number of anilines is 2. The number of pyridine rings is 1. The Hall–Kier alpha value is -3.45. The lowest BCUT2D eigenvalue weighted by Crippen LogP contribution is -2.35. The number of hydrogen-bond acceptors (Lipinski definition) is 4. The second-order valence-corrected chi connectivity index (χ2v) is 8.40. The number of nitrogens with zero attached hydrogens (tertiary/aromatic N) is 2. The van der Waals surface area contributed by atoms with E-state index in [4.69, 9.17) is 0 Å². The summed E-state index contributed by atoms with van der Waals surface area (Å²) < 4.78 is 27.2. The first-order valence-electron chi connectivity index (χ1n) is 8.74. The molecule has 1 N–H and O–H groups in total. The van der Waals surface area contributed by atoms with Crippen molar-refractivity contribution < 1.29 is 13.2 Å². The molecule has 4 aromatic rings. The Kier molecular flexibility index (Phi) is 3.60. The van der Waals surface area contributed by atoms with Crippen molar-refractivity contribution in [1.29, 1.82) is 0 Å². The van der Waals surface area contributed by atoms with Gasteiger partial charge in [-0.1, -0.05) is 42.5 Å². The first-order chi connectivity index (χ1) is 13.6. The van der Waals surface area contributed by atoms with Crippen LogP contribution in [0.5, 0.6) is 0 Å². The molecule has 0 atom stereocenters. The van der Waals surface area contributed by atoms with E-state index in [1.165, 1.54) is 4.31 Å². The van der Waals surface area contributed by atoms with Gasteiger partial charge in [-0.15, -0.1) is 0 Å². The number of carbonyl (C=O) groups is 1. The summed E-state index contributed by atoms with van der Waals surface area (Å²) in [7, 11) is -3.77. The normalized spacial score (nSPS) is 14.5. The molecule has 5 rings (SSSR count). The van der Waals surface area contributed by atoms with Crippen molar-refractivity contribution in [2.24, 2.45) is 0 Å². The van der Waals surface area contributed by atoms with Crippen LogP contribution in [0.2, 0.25) is 0 Å². The quantitative estimate of drug-likeness (QED) is 0.581. The maximum absolute atomic E-state index is 13.0. The number of fused-ring (bicyclic) bond motifs is 1. The van der Waals surface area contributed by atoms with Crippen LogP contribution in [0.3, 0.4) is 0 Å². The molecule has 0 saturated carbocycles. The largest absolute Gasteiger partial charge is 0.323 e. The van der Waals surface area contributed by atoms with Crippen molar-refractivity contribution in [3.63, 3.8) is 0 Å². The zero-order valence-electron chi connectivity index (χ0n) is 14.7. The average molecular weight is 389 g/mol. The van der Waals surface area contributed by atoms with Gasteiger partial charge in [-0.05, 0) is 29.7 Å². The third-order valence-corrected chi connectivity index (χ3v) is 6.68. The standard InChI is InChI=1S/C21H15N3O3S/c25-19(23-16-9-1-7-15-8-4-12-22-21(15)16)13-24-17-10-2-5-14-6-3-11-18(20(14)17)28(24,26)27/h1-12H,13H2,(H,23,25). The van der Waals surface area contributed by atoms with Crippen molar-refractivity contribution in [3.05, 3.63) is 72.9 Å². The van der Waals surface area contributed by atoms with Gasteiger partial charge in [-0.3, -0.25) is 14.1 Å². The van der Waals surface area contributed by atoms with Crippen molar-refractivity contribution in [2.75, 3.05) is 16.2 Å². The van der Waals surface area contributed by atoms with Crippen LogP contribution in [-0.2, 0) is 14.8 Å². The molecule has 0 saturated heterocycles. The molecule has 0 fully saturated rings. The van der Waals surface area contributed by atoms with Crippen LogP contribution >= 0.6 is 0 Å². The van der Waals surface area contributed by atoms with Crippen LogP contribution in [0.15, 0.2) is 77.8 Å². The van der Waals surface area contributed by atoms with Crippen molar-refractivity contribution >= 4 is 49.0 Å². The van der Waals surface area contributed by atoms with Crippen molar-refractivity contribution in [3.8, 4) is 0 Å². The van der Waals surface area contributed by atoms with E-state index in [-0.39, 0.29) is 11.4 Å². The lowest BCUT2D eigenvalue weighted by molar-refractivity contribution is -0.114. The molecule has 1 amide bonds. The van der Waals surface area contributed by atoms with Gasteiger partial charge in [-0.25, -0.2) is 8.42 Å². The van der Waals surface area contributed by atoms with Gasteiger partial charge in [0.1, 0.15) is 6.54 Å². The number of benzene rings is 3. The van der Waals surface area contributed by atoms with Gasteiger partial charge in [0.15, 0.2) is 0 Å². The molecule has 2 heterocycles. The Balaban J connectivity index is 1.50. The molecule has 28 heavy (non-hydrogen) atoms. The zero-order chi connectivity index (χ0) is 19.3. The predicted octanol–water partition coefficient (Wildman–Crippen LogP) is 3.54.